The van der Waals surface area contributed by atoms with Gasteiger partial charge in [-0.3, -0.25) is 9.78 Å². The van der Waals surface area contributed by atoms with E-state index in [2.05, 4.69) is 15.3 Å². The van der Waals surface area contributed by atoms with Crippen molar-refractivity contribution in [2.45, 2.75) is 6.42 Å². The number of ether oxygens (including phenoxy) is 2. The van der Waals surface area contributed by atoms with Gasteiger partial charge in [-0.05, 0) is 6.42 Å². The molecule has 0 unspecified atom stereocenters. The van der Waals surface area contributed by atoms with Crippen LogP contribution in [0, 0.1) is 0 Å². The lowest BCUT2D eigenvalue weighted by atomic mass is 10.4. The standard InChI is InChI=1S/C11H18N4O3/c1-17-5-6-18-4-2-3-14-11(16)9-7-13-8-10(12)15-9/h7-8H,2-6H2,1H3,(H2,12,15)(H,14,16). The smallest absolute Gasteiger partial charge is 0.271 e. The number of nitrogens with zero attached hydrogens (tertiary/aromatic N) is 2. The number of anilines is 1. The molecule has 0 aromatic carbocycles. The fourth-order valence-corrected chi connectivity index (χ4v) is 1.20. The first-order valence-corrected chi connectivity index (χ1v) is 5.66. The number of nitrogens with two attached hydrogens (primary N) is 1. The summed E-state index contributed by atoms with van der Waals surface area (Å²) >= 11 is 0. The maximum Gasteiger partial charge on any atom is 0.271 e. The predicted octanol–water partition coefficient (Wildman–Crippen LogP) is -0.158. The Morgan fingerprint density at radius 2 is 2.22 bits per heavy atom. The van der Waals surface area contributed by atoms with Gasteiger partial charge in [0.25, 0.3) is 5.91 Å². The minimum atomic E-state index is -0.285. The molecule has 0 aliphatic carbocycles. The number of rotatable bonds is 8. The predicted molar refractivity (Wildman–Crippen MR) is 66.1 cm³/mol. The zero-order valence-electron chi connectivity index (χ0n) is 10.4. The topological polar surface area (TPSA) is 99.4 Å². The monoisotopic (exact) mass is 254 g/mol. The van der Waals surface area contributed by atoms with Gasteiger partial charge in [-0.15, -0.1) is 0 Å². The zero-order valence-corrected chi connectivity index (χ0v) is 10.4. The Morgan fingerprint density at radius 3 is 2.94 bits per heavy atom. The number of carbonyl (C=O) groups is 1. The Morgan fingerprint density at radius 1 is 1.39 bits per heavy atom. The van der Waals surface area contributed by atoms with E-state index in [1.165, 1.54) is 12.4 Å². The summed E-state index contributed by atoms with van der Waals surface area (Å²) in [6.45, 7) is 2.23. The summed E-state index contributed by atoms with van der Waals surface area (Å²) in [6, 6.07) is 0. The molecule has 0 fully saturated rings. The summed E-state index contributed by atoms with van der Waals surface area (Å²) in [6.07, 6.45) is 3.49. The van der Waals surface area contributed by atoms with Crippen molar-refractivity contribution >= 4 is 11.7 Å². The van der Waals surface area contributed by atoms with Crippen molar-refractivity contribution in [2.24, 2.45) is 0 Å². The summed E-state index contributed by atoms with van der Waals surface area (Å²) in [5.41, 5.74) is 5.65. The SMILES string of the molecule is COCCOCCCNC(=O)c1cncc(N)n1. The molecule has 1 aromatic heterocycles. The Labute approximate surface area is 106 Å². The van der Waals surface area contributed by atoms with Gasteiger partial charge in [0.15, 0.2) is 0 Å². The molecular formula is C11H18N4O3. The quantitative estimate of drug-likeness (QED) is 0.625. The highest BCUT2D eigenvalue weighted by molar-refractivity contribution is 5.92. The molecule has 3 N–H and O–H groups in total. The van der Waals surface area contributed by atoms with E-state index in [1.54, 1.807) is 7.11 Å². The highest BCUT2D eigenvalue weighted by atomic mass is 16.5. The van der Waals surface area contributed by atoms with Gasteiger partial charge < -0.3 is 20.5 Å². The molecule has 100 valence electrons. The van der Waals surface area contributed by atoms with E-state index in [-0.39, 0.29) is 17.4 Å². The molecule has 1 rings (SSSR count). The van der Waals surface area contributed by atoms with Crippen LogP contribution in [0.5, 0.6) is 0 Å². The Kier molecular flexibility index (Phi) is 6.67. The largest absolute Gasteiger partial charge is 0.382 e. The number of hydrogen-bond donors (Lipinski definition) is 2. The molecule has 0 atom stereocenters. The van der Waals surface area contributed by atoms with E-state index in [1.807, 2.05) is 0 Å². The average Bonchev–Trinajstić information content (AvgIpc) is 2.37. The molecule has 1 heterocycles. The second-order valence-electron chi connectivity index (χ2n) is 3.54. The van der Waals surface area contributed by atoms with Gasteiger partial charge in [0.05, 0.1) is 25.6 Å². The fourth-order valence-electron chi connectivity index (χ4n) is 1.20. The molecule has 7 nitrogen and oxygen atoms in total. The Balaban J connectivity index is 2.14. The molecular weight excluding hydrogens is 236 g/mol. The first-order chi connectivity index (χ1) is 8.74. The third-order valence-corrected chi connectivity index (χ3v) is 2.07. The van der Waals surface area contributed by atoms with Crippen LogP contribution < -0.4 is 11.1 Å². The number of methoxy groups -OCH3 is 1. The highest BCUT2D eigenvalue weighted by Gasteiger charge is 2.06. The molecule has 0 radical (unpaired) electrons. The summed E-state index contributed by atoms with van der Waals surface area (Å²) in [5.74, 6) is -0.0581. The van der Waals surface area contributed by atoms with Crippen molar-refractivity contribution in [3.05, 3.63) is 18.1 Å². The van der Waals surface area contributed by atoms with Crippen LogP contribution >= 0.6 is 0 Å². The average molecular weight is 254 g/mol. The summed E-state index contributed by atoms with van der Waals surface area (Å²) in [7, 11) is 1.62. The Hall–Kier alpha value is -1.73. The molecule has 0 spiro atoms. The number of nitrogens with one attached hydrogen (secondary N) is 1. The van der Waals surface area contributed by atoms with Gasteiger partial charge in [0.2, 0.25) is 0 Å². The second-order valence-corrected chi connectivity index (χ2v) is 3.54. The van der Waals surface area contributed by atoms with Gasteiger partial charge in [-0.1, -0.05) is 0 Å². The number of hydrogen-bond acceptors (Lipinski definition) is 6. The van der Waals surface area contributed by atoms with Gasteiger partial charge in [-0.25, -0.2) is 4.98 Å². The van der Waals surface area contributed by atoms with Crippen LogP contribution in [0.2, 0.25) is 0 Å². The van der Waals surface area contributed by atoms with Crippen LogP contribution in [0.4, 0.5) is 5.82 Å². The second kappa shape index (κ2) is 8.37. The van der Waals surface area contributed by atoms with Crippen molar-refractivity contribution in [1.82, 2.24) is 15.3 Å². The number of carbonyl (C=O) groups excluding carboxylic acids is 1. The van der Waals surface area contributed by atoms with E-state index in [0.29, 0.717) is 26.4 Å². The molecule has 7 heteroatoms. The fraction of sp³-hybridized carbons (Fsp3) is 0.545. The van der Waals surface area contributed by atoms with Crippen LogP contribution in [0.3, 0.4) is 0 Å². The normalized spacial score (nSPS) is 10.3. The van der Waals surface area contributed by atoms with E-state index in [9.17, 15) is 4.79 Å². The molecule has 18 heavy (non-hydrogen) atoms. The summed E-state index contributed by atoms with van der Waals surface area (Å²) in [4.78, 5) is 19.3. The third kappa shape index (κ3) is 5.55. The van der Waals surface area contributed by atoms with Crippen LogP contribution in [0.25, 0.3) is 0 Å². The maximum atomic E-state index is 11.6. The van der Waals surface area contributed by atoms with Crippen molar-refractivity contribution in [1.29, 1.82) is 0 Å². The number of aromatic nitrogens is 2. The summed E-state index contributed by atoms with van der Waals surface area (Å²) < 4.78 is 10.1. The van der Waals surface area contributed by atoms with E-state index < -0.39 is 0 Å². The minimum Gasteiger partial charge on any atom is -0.382 e. The van der Waals surface area contributed by atoms with Crippen molar-refractivity contribution in [3.63, 3.8) is 0 Å². The molecule has 0 saturated carbocycles. The Bertz CT molecular complexity index is 373. The van der Waals surface area contributed by atoms with Crippen LogP contribution in [-0.4, -0.2) is 49.4 Å². The number of nitrogen functional groups attached to an aromatic ring is 1. The first kappa shape index (κ1) is 14.3. The molecule has 0 aliphatic heterocycles. The van der Waals surface area contributed by atoms with Gasteiger partial charge in [-0.2, -0.15) is 0 Å². The van der Waals surface area contributed by atoms with Gasteiger partial charge >= 0.3 is 0 Å². The van der Waals surface area contributed by atoms with Crippen molar-refractivity contribution in [2.75, 3.05) is 39.2 Å². The van der Waals surface area contributed by atoms with E-state index in [0.717, 1.165) is 6.42 Å². The molecule has 0 bridgehead atoms. The van der Waals surface area contributed by atoms with Crippen LogP contribution in [0.1, 0.15) is 16.9 Å². The van der Waals surface area contributed by atoms with Crippen LogP contribution in [-0.2, 0) is 9.47 Å². The number of amides is 1. The molecule has 1 amide bonds. The maximum absolute atomic E-state index is 11.6. The molecule has 0 saturated heterocycles. The van der Waals surface area contributed by atoms with Crippen LogP contribution in [0.15, 0.2) is 12.4 Å². The molecule has 0 aliphatic rings. The minimum absolute atomic E-state index is 0.218. The highest BCUT2D eigenvalue weighted by Crippen LogP contribution is 1.96. The van der Waals surface area contributed by atoms with E-state index >= 15 is 0 Å². The zero-order chi connectivity index (χ0) is 13.2. The lowest BCUT2D eigenvalue weighted by Gasteiger charge is -2.05. The lowest BCUT2D eigenvalue weighted by Crippen LogP contribution is -2.26. The summed E-state index contributed by atoms with van der Waals surface area (Å²) in [5, 5.41) is 2.71. The van der Waals surface area contributed by atoms with Gasteiger partial charge in [0, 0.05) is 20.3 Å². The lowest BCUT2D eigenvalue weighted by molar-refractivity contribution is 0.0688. The van der Waals surface area contributed by atoms with Gasteiger partial charge in [0.1, 0.15) is 11.5 Å². The van der Waals surface area contributed by atoms with E-state index in [4.69, 9.17) is 15.2 Å². The third-order valence-electron chi connectivity index (χ3n) is 2.07. The molecule has 1 aromatic rings. The van der Waals surface area contributed by atoms with Crippen molar-refractivity contribution in [3.8, 4) is 0 Å². The van der Waals surface area contributed by atoms with Crippen molar-refractivity contribution < 1.29 is 14.3 Å². The first-order valence-electron chi connectivity index (χ1n) is 5.66.